The maximum Gasteiger partial charge on any atom is 0.227 e. The lowest BCUT2D eigenvalue weighted by Crippen LogP contribution is -2.13. The highest BCUT2D eigenvalue weighted by Crippen LogP contribution is 2.24. The van der Waals surface area contributed by atoms with Gasteiger partial charge in [0.1, 0.15) is 5.52 Å². The number of oxazole rings is 1. The summed E-state index contributed by atoms with van der Waals surface area (Å²) in [6.45, 7) is 0. The van der Waals surface area contributed by atoms with Crippen molar-refractivity contribution in [2.75, 3.05) is 0 Å². The van der Waals surface area contributed by atoms with Crippen molar-refractivity contribution < 1.29 is 9.21 Å². The van der Waals surface area contributed by atoms with Gasteiger partial charge in [-0.15, -0.1) is 0 Å². The summed E-state index contributed by atoms with van der Waals surface area (Å²) in [5.74, 6) is 0.172. The fourth-order valence-electron chi connectivity index (χ4n) is 1.90. The molecule has 0 aliphatic carbocycles. The molecule has 3 rings (SSSR count). The number of carbonyl (C=O) groups excluding carboxylic acids is 1. The second-order valence-corrected chi connectivity index (χ2v) is 4.20. The van der Waals surface area contributed by atoms with Crippen molar-refractivity contribution in [2.24, 2.45) is 5.73 Å². The van der Waals surface area contributed by atoms with E-state index < -0.39 is 0 Å². The number of primary amides is 1. The minimum absolute atomic E-state index is 0.202. The molecule has 2 N–H and O–H groups in total. The molecule has 0 saturated heterocycles. The zero-order valence-electron chi connectivity index (χ0n) is 10.0. The number of fused-ring (bicyclic) bond motifs is 1. The van der Waals surface area contributed by atoms with Crippen LogP contribution in [0.2, 0.25) is 0 Å². The number of benzene rings is 1. The van der Waals surface area contributed by atoms with Crippen molar-refractivity contribution in [2.45, 2.75) is 6.42 Å². The topological polar surface area (TPSA) is 82.0 Å². The van der Waals surface area contributed by atoms with Crippen LogP contribution >= 0.6 is 0 Å². The normalized spacial score (nSPS) is 10.7. The van der Waals surface area contributed by atoms with E-state index in [-0.39, 0.29) is 12.3 Å². The van der Waals surface area contributed by atoms with Gasteiger partial charge in [0.15, 0.2) is 5.58 Å². The summed E-state index contributed by atoms with van der Waals surface area (Å²) in [5.41, 5.74) is 8.26. The summed E-state index contributed by atoms with van der Waals surface area (Å²) in [4.78, 5) is 19.3. The first-order valence-electron chi connectivity index (χ1n) is 5.80. The van der Waals surface area contributed by atoms with Crippen LogP contribution in [0.25, 0.3) is 22.6 Å². The SMILES string of the molecule is NC(=O)Cc1ccc2oc(-c3ccncc3)nc2c1. The van der Waals surface area contributed by atoms with E-state index in [1.807, 2.05) is 24.3 Å². The number of hydrogen-bond donors (Lipinski definition) is 1. The first-order valence-corrected chi connectivity index (χ1v) is 5.80. The molecule has 2 heterocycles. The highest BCUT2D eigenvalue weighted by molar-refractivity contribution is 5.81. The van der Waals surface area contributed by atoms with E-state index in [4.69, 9.17) is 10.2 Å². The van der Waals surface area contributed by atoms with Gasteiger partial charge in [-0.2, -0.15) is 0 Å². The van der Waals surface area contributed by atoms with Crippen molar-refractivity contribution in [3.05, 3.63) is 48.3 Å². The van der Waals surface area contributed by atoms with Crippen LogP contribution in [-0.4, -0.2) is 15.9 Å². The number of nitrogens with zero attached hydrogens (tertiary/aromatic N) is 2. The van der Waals surface area contributed by atoms with Gasteiger partial charge in [-0.1, -0.05) is 6.07 Å². The van der Waals surface area contributed by atoms with Crippen molar-refractivity contribution in [1.29, 1.82) is 0 Å². The first-order chi connectivity index (χ1) is 9.22. The highest BCUT2D eigenvalue weighted by Gasteiger charge is 2.09. The maximum atomic E-state index is 10.9. The van der Waals surface area contributed by atoms with Crippen LogP contribution in [0.1, 0.15) is 5.56 Å². The van der Waals surface area contributed by atoms with Gasteiger partial charge < -0.3 is 10.2 Å². The molecule has 5 nitrogen and oxygen atoms in total. The lowest BCUT2D eigenvalue weighted by Gasteiger charge is -1.95. The van der Waals surface area contributed by atoms with E-state index in [9.17, 15) is 4.79 Å². The number of amides is 1. The smallest absolute Gasteiger partial charge is 0.227 e. The zero-order chi connectivity index (χ0) is 13.2. The number of carbonyl (C=O) groups is 1. The Bertz CT molecular complexity index is 735. The zero-order valence-corrected chi connectivity index (χ0v) is 10.0. The van der Waals surface area contributed by atoms with Crippen LogP contribution in [0, 0.1) is 0 Å². The number of nitrogens with two attached hydrogens (primary N) is 1. The number of aromatic nitrogens is 2. The van der Waals surface area contributed by atoms with Gasteiger partial charge in [-0.25, -0.2) is 4.98 Å². The fourth-order valence-corrected chi connectivity index (χ4v) is 1.90. The molecule has 1 amide bonds. The average molecular weight is 253 g/mol. The lowest BCUT2D eigenvalue weighted by atomic mass is 10.1. The summed E-state index contributed by atoms with van der Waals surface area (Å²) in [5, 5.41) is 0. The van der Waals surface area contributed by atoms with Gasteiger partial charge in [-0.3, -0.25) is 9.78 Å². The Morgan fingerprint density at radius 1 is 1.21 bits per heavy atom. The molecule has 0 aliphatic rings. The Balaban J connectivity index is 2.04. The third-order valence-corrected chi connectivity index (χ3v) is 2.76. The summed E-state index contributed by atoms with van der Waals surface area (Å²) >= 11 is 0. The van der Waals surface area contributed by atoms with E-state index in [1.54, 1.807) is 18.5 Å². The molecule has 3 aromatic rings. The maximum absolute atomic E-state index is 10.9. The summed E-state index contributed by atoms with van der Waals surface area (Å²) in [7, 11) is 0. The van der Waals surface area contributed by atoms with Crippen molar-refractivity contribution in [3.63, 3.8) is 0 Å². The van der Waals surface area contributed by atoms with Crippen molar-refractivity contribution in [3.8, 4) is 11.5 Å². The van der Waals surface area contributed by atoms with Gasteiger partial charge in [0.05, 0.1) is 6.42 Å². The summed E-state index contributed by atoms with van der Waals surface area (Å²) in [6.07, 6.45) is 3.57. The Hall–Kier alpha value is -2.69. The Labute approximate surface area is 109 Å². The van der Waals surface area contributed by atoms with E-state index in [1.165, 1.54) is 0 Å². The van der Waals surface area contributed by atoms with Crippen molar-refractivity contribution >= 4 is 17.0 Å². The minimum Gasteiger partial charge on any atom is -0.436 e. The minimum atomic E-state index is -0.364. The number of hydrogen-bond acceptors (Lipinski definition) is 4. The molecular weight excluding hydrogens is 242 g/mol. The monoisotopic (exact) mass is 253 g/mol. The second kappa shape index (κ2) is 4.53. The lowest BCUT2D eigenvalue weighted by molar-refractivity contribution is -0.117. The van der Waals surface area contributed by atoms with Gasteiger partial charge >= 0.3 is 0 Å². The van der Waals surface area contributed by atoms with E-state index in [2.05, 4.69) is 9.97 Å². The molecule has 0 radical (unpaired) electrons. The largest absolute Gasteiger partial charge is 0.436 e. The van der Waals surface area contributed by atoms with Crippen LogP contribution < -0.4 is 5.73 Å². The molecule has 0 unspecified atom stereocenters. The highest BCUT2D eigenvalue weighted by atomic mass is 16.3. The predicted molar refractivity (Wildman–Crippen MR) is 70.1 cm³/mol. The molecule has 0 bridgehead atoms. The molecule has 0 saturated carbocycles. The molecule has 5 heteroatoms. The summed E-state index contributed by atoms with van der Waals surface area (Å²) < 4.78 is 5.66. The van der Waals surface area contributed by atoms with E-state index in [0.29, 0.717) is 17.0 Å². The van der Waals surface area contributed by atoms with Crippen LogP contribution in [0.5, 0.6) is 0 Å². The van der Waals surface area contributed by atoms with E-state index in [0.717, 1.165) is 11.1 Å². The van der Waals surface area contributed by atoms with Crippen molar-refractivity contribution in [1.82, 2.24) is 9.97 Å². The molecular formula is C14H11N3O2. The number of pyridine rings is 1. The third-order valence-electron chi connectivity index (χ3n) is 2.76. The average Bonchev–Trinajstić information content (AvgIpc) is 2.82. The summed E-state index contributed by atoms with van der Waals surface area (Å²) in [6, 6.07) is 9.08. The first kappa shape index (κ1) is 11.4. The molecule has 0 atom stereocenters. The molecule has 0 aliphatic heterocycles. The molecule has 0 spiro atoms. The van der Waals surface area contributed by atoms with Gasteiger partial charge in [0.25, 0.3) is 0 Å². The predicted octanol–water partition coefficient (Wildman–Crippen LogP) is 1.92. The fraction of sp³-hybridized carbons (Fsp3) is 0.0714. The second-order valence-electron chi connectivity index (χ2n) is 4.20. The van der Waals surface area contributed by atoms with Gasteiger partial charge in [0.2, 0.25) is 11.8 Å². The van der Waals surface area contributed by atoms with E-state index >= 15 is 0 Å². The molecule has 94 valence electrons. The number of rotatable bonds is 3. The Morgan fingerprint density at radius 2 is 2.00 bits per heavy atom. The molecule has 19 heavy (non-hydrogen) atoms. The van der Waals surface area contributed by atoms with Crippen LogP contribution in [0.15, 0.2) is 47.1 Å². The van der Waals surface area contributed by atoms with Gasteiger partial charge in [-0.05, 0) is 29.8 Å². The van der Waals surface area contributed by atoms with Crippen LogP contribution in [0.4, 0.5) is 0 Å². The third kappa shape index (κ3) is 2.30. The molecule has 0 fully saturated rings. The molecule has 2 aromatic heterocycles. The Kier molecular flexibility index (Phi) is 2.72. The van der Waals surface area contributed by atoms with Crippen LogP contribution in [0.3, 0.4) is 0 Å². The molecule has 1 aromatic carbocycles. The van der Waals surface area contributed by atoms with Gasteiger partial charge in [0, 0.05) is 18.0 Å². The standard InChI is InChI=1S/C14H11N3O2/c15-13(18)8-9-1-2-12-11(7-9)17-14(19-12)10-3-5-16-6-4-10/h1-7H,8H2,(H2,15,18). The Morgan fingerprint density at radius 3 is 2.74 bits per heavy atom. The quantitative estimate of drug-likeness (QED) is 0.773. The van der Waals surface area contributed by atoms with Crippen LogP contribution in [-0.2, 0) is 11.2 Å².